The molecule has 2 atom stereocenters. The van der Waals surface area contributed by atoms with Gasteiger partial charge < -0.3 is 10.4 Å². The number of carboxylic acid groups (broad SMARTS) is 1. The molecule has 3 nitrogen and oxygen atoms in total. The zero-order valence-corrected chi connectivity index (χ0v) is 9.44. The summed E-state index contributed by atoms with van der Waals surface area (Å²) in [4.78, 5) is 11.0. The van der Waals surface area contributed by atoms with E-state index < -0.39 is 5.97 Å². The van der Waals surface area contributed by atoms with Crippen LogP contribution in [0, 0.1) is 11.8 Å². The number of benzene rings is 1. The van der Waals surface area contributed by atoms with Crippen LogP contribution < -0.4 is 5.32 Å². The van der Waals surface area contributed by atoms with E-state index >= 15 is 0 Å². The van der Waals surface area contributed by atoms with Crippen molar-refractivity contribution in [2.75, 3.05) is 6.54 Å². The number of aromatic carboxylic acids is 1. The maximum absolute atomic E-state index is 11.0. The predicted octanol–water partition coefficient (Wildman–Crippen LogP) is 2.13. The molecular formula is C13H17NO2. The summed E-state index contributed by atoms with van der Waals surface area (Å²) in [5, 5.41) is 12.3. The molecule has 2 rings (SSSR count). The third kappa shape index (κ3) is 2.61. The summed E-state index contributed by atoms with van der Waals surface area (Å²) in [6.07, 6.45) is 1.30. The lowest BCUT2D eigenvalue weighted by Crippen LogP contribution is -2.18. The fourth-order valence-electron chi connectivity index (χ4n) is 1.96. The predicted molar refractivity (Wildman–Crippen MR) is 62.4 cm³/mol. The lowest BCUT2D eigenvalue weighted by Gasteiger charge is -2.07. The van der Waals surface area contributed by atoms with Gasteiger partial charge in [0.1, 0.15) is 0 Å². The third-order valence-corrected chi connectivity index (χ3v) is 3.25. The minimum atomic E-state index is -0.850. The van der Waals surface area contributed by atoms with E-state index in [0.717, 1.165) is 23.9 Å². The lowest BCUT2D eigenvalue weighted by atomic mass is 10.1. The van der Waals surface area contributed by atoms with Crippen LogP contribution in [0.2, 0.25) is 0 Å². The molecule has 0 radical (unpaired) electrons. The zero-order valence-electron chi connectivity index (χ0n) is 9.44. The number of nitrogens with one attached hydrogen (secondary N) is 1. The van der Waals surface area contributed by atoms with E-state index in [1.165, 1.54) is 6.42 Å². The summed E-state index contributed by atoms with van der Waals surface area (Å²) in [6, 6.07) is 7.16. The van der Waals surface area contributed by atoms with E-state index in [4.69, 9.17) is 5.11 Å². The summed E-state index contributed by atoms with van der Waals surface area (Å²) in [5.41, 5.74) is 1.27. The van der Waals surface area contributed by atoms with Crippen molar-refractivity contribution in [3.8, 4) is 0 Å². The highest BCUT2D eigenvalue weighted by Gasteiger charge is 2.31. The smallest absolute Gasteiger partial charge is 0.336 e. The normalized spacial score (nSPS) is 23.1. The molecule has 0 heterocycles. The minimum Gasteiger partial charge on any atom is -0.478 e. The van der Waals surface area contributed by atoms with Crippen LogP contribution in [-0.2, 0) is 6.54 Å². The van der Waals surface area contributed by atoms with Crippen molar-refractivity contribution in [3.63, 3.8) is 0 Å². The quantitative estimate of drug-likeness (QED) is 0.797. The molecule has 3 heteroatoms. The largest absolute Gasteiger partial charge is 0.478 e. The number of carboxylic acids is 1. The van der Waals surface area contributed by atoms with Crippen LogP contribution in [0.25, 0.3) is 0 Å². The second-order valence-corrected chi connectivity index (χ2v) is 4.57. The highest BCUT2D eigenvalue weighted by Crippen LogP contribution is 2.36. The van der Waals surface area contributed by atoms with Gasteiger partial charge >= 0.3 is 5.97 Å². The fourth-order valence-corrected chi connectivity index (χ4v) is 1.96. The minimum absolute atomic E-state index is 0.402. The average molecular weight is 219 g/mol. The van der Waals surface area contributed by atoms with E-state index in [1.807, 2.05) is 12.1 Å². The van der Waals surface area contributed by atoms with Gasteiger partial charge in [-0.25, -0.2) is 4.79 Å². The number of hydrogen-bond donors (Lipinski definition) is 2. The summed E-state index contributed by atoms with van der Waals surface area (Å²) in [6.45, 7) is 3.89. The van der Waals surface area contributed by atoms with Gasteiger partial charge in [0, 0.05) is 6.54 Å². The van der Waals surface area contributed by atoms with E-state index in [1.54, 1.807) is 12.1 Å². The monoisotopic (exact) mass is 219 g/mol. The van der Waals surface area contributed by atoms with Crippen LogP contribution >= 0.6 is 0 Å². The Morgan fingerprint density at radius 2 is 2.19 bits per heavy atom. The second-order valence-electron chi connectivity index (χ2n) is 4.57. The Balaban J connectivity index is 1.90. The van der Waals surface area contributed by atoms with Gasteiger partial charge in [0.15, 0.2) is 0 Å². The fraction of sp³-hybridized carbons (Fsp3) is 0.462. The van der Waals surface area contributed by atoms with Crippen molar-refractivity contribution < 1.29 is 9.90 Å². The van der Waals surface area contributed by atoms with E-state index in [9.17, 15) is 4.79 Å². The van der Waals surface area contributed by atoms with Crippen LogP contribution in [0.4, 0.5) is 0 Å². The summed E-state index contributed by atoms with van der Waals surface area (Å²) >= 11 is 0. The van der Waals surface area contributed by atoms with Gasteiger partial charge in [-0.3, -0.25) is 0 Å². The summed E-state index contributed by atoms with van der Waals surface area (Å²) < 4.78 is 0. The zero-order chi connectivity index (χ0) is 11.5. The highest BCUT2D eigenvalue weighted by molar-refractivity contribution is 5.89. The first-order valence-electron chi connectivity index (χ1n) is 5.70. The first-order chi connectivity index (χ1) is 7.68. The van der Waals surface area contributed by atoms with Crippen LogP contribution in [0.5, 0.6) is 0 Å². The Hall–Kier alpha value is -1.35. The summed E-state index contributed by atoms with van der Waals surface area (Å²) in [5.74, 6) is 0.774. The van der Waals surface area contributed by atoms with Crippen molar-refractivity contribution in [2.24, 2.45) is 11.8 Å². The van der Waals surface area contributed by atoms with Gasteiger partial charge in [-0.15, -0.1) is 0 Å². The molecule has 0 aliphatic heterocycles. The Labute approximate surface area is 95.5 Å². The molecular weight excluding hydrogens is 202 g/mol. The number of carbonyl (C=O) groups is 1. The second kappa shape index (κ2) is 4.66. The van der Waals surface area contributed by atoms with Gasteiger partial charge in [0.25, 0.3) is 0 Å². The Morgan fingerprint density at radius 3 is 2.81 bits per heavy atom. The van der Waals surface area contributed by atoms with E-state index in [2.05, 4.69) is 12.2 Å². The Kier molecular flexibility index (Phi) is 3.25. The molecule has 0 amide bonds. The molecule has 1 aliphatic rings. The lowest BCUT2D eigenvalue weighted by molar-refractivity contribution is 0.0695. The van der Waals surface area contributed by atoms with Gasteiger partial charge in [-0.1, -0.05) is 25.1 Å². The molecule has 1 fully saturated rings. The van der Waals surface area contributed by atoms with Gasteiger partial charge in [-0.05, 0) is 36.4 Å². The molecule has 1 saturated carbocycles. The third-order valence-electron chi connectivity index (χ3n) is 3.25. The van der Waals surface area contributed by atoms with Crippen LogP contribution in [0.1, 0.15) is 29.3 Å². The number of rotatable bonds is 5. The molecule has 86 valence electrons. The molecule has 0 bridgehead atoms. The maximum Gasteiger partial charge on any atom is 0.336 e. The van der Waals surface area contributed by atoms with E-state index in [-0.39, 0.29) is 0 Å². The highest BCUT2D eigenvalue weighted by atomic mass is 16.4. The first-order valence-corrected chi connectivity index (χ1v) is 5.70. The average Bonchev–Trinajstić information content (AvgIpc) is 2.95. The van der Waals surface area contributed by atoms with Crippen molar-refractivity contribution in [1.29, 1.82) is 0 Å². The SMILES string of the molecule is CC1CC1CNCc1ccccc1C(=O)O. The van der Waals surface area contributed by atoms with Crippen LogP contribution in [-0.4, -0.2) is 17.6 Å². The van der Waals surface area contributed by atoms with Crippen molar-refractivity contribution in [1.82, 2.24) is 5.32 Å². The topological polar surface area (TPSA) is 49.3 Å². The Morgan fingerprint density at radius 1 is 1.50 bits per heavy atom. The van der Waals surface area contributed by atoms with Crippen molar-refractivity contribution in [2.45, 2.75) is 19.9 Å². The molecule has 2 unspecified atom stereocenters. The standard InChI is InChI=1S/C13H17NO2/c1-9-6-11(9)8-14-7-10-4-2-3-5-12(10)13(15)16/h2-5,9,11,14H,6-8H2,1H3,(H,15,16). The molecule has 0 saturated heterocycles. The molecule has 0 spiro atoms. The number of hydrogen-bond acceptors (Lipinski definition) is 2. The van der Waals surface area contributed by atoms with Crippen molar-refractivity contribution >= 4 is 5.97 Å². The van der Waals surface area contributed by atoms with Crippen LogP contribution in [0.15, 0.2) is 24.3 Å². The summed E-state index contributed by atoms with van der Waals surface area (Å²) in [7, 11) is 0. The van der Waals surface area contributed by atoms with E-state index in [0.29, 0.717) is 12.1 Å². The first kappa shape index (κ1) is 11.1. The molecule has 1 aromatic rings. The maximum atomic E-state index is 11.0. The van der Waals surface area contributed by atoms with Gasteiger partial charge in [0.2, 0.25) is 0 Å². The Bertz CT molecular complexity index is 389. The van der Waals surface area contributed by atoms with Crippen LogP contribution in [0.3, 0.4) is 0 Å². The molecule has 2 N–H and O–H groups in total. The van der Waals surface area contributed by atoms with Gasteiger partial charge in [0.05, 0.1) is 5.56 Å². The molecule has 16 heavy (non-hydrogen) atoms. The van der Waals surface area contributed by atoms with Crippen molar-refractivity contribution in [3.05, 3.63) is 35.4 Å². The molecule has 1 aliphatic carbocycles. The van der Waals surface area contributed by atoms with Gasteiger partial charge in [-0.2, -0.15) is 0 Å². The molecule has 0 aromatic heterocycles. The molecule has 1 aromatic carbocycles.